The van der Waals surface area contributed by atoms with Crippen molar-refractivity contribution in [1.29, 1.82) is 0 Å². The molecule has 3 amide bonds. The van der Waals surface area contributed by atoms with Crippen LogP contribution in [0, 0.1) is 0 Å². The normalized spacial score (nSPS) is 16.3. The maximum atomic E-state index is 12.1. The topological polar surface area (TPSA) is 89.7 Å². The summed E-state index contributed by atoms with van der Waals surface area (Å²) in [5.74, 6) is -0.580. The Labute approximate surface area is 142 Å². The number of nitrogens with zero attached hydrogens (tertiary/aromatic N) is 1. The van der Waals surface area contributed by atoms with Crippen molar-refractivity contribution >= 4 is 46.5 Å². The zero-order valence-corrected chi connectivity index (χ0v) is 13.9. The molecule has 0 aliphatic carbocycles. The Morgan fingerprint density at radius 2 is 2.17 bits per heavy atom. The van der Waals surface area contributed by atoms with Crippen molar-refractivity contribution in [2.24, 2.45) is 5.73 Å². The van der Waals surface area contributed by atoms with Gasteiger partial charge in [-0.15, -0.1) is 0 Å². The van der Waals surface area contributed by atoms with E-state index in [0.717, 1.165) is 11.8 Å². The fourth-order valence-electron chi connectivity index (χ4n) is 1.94. The number of nitrogens with two attached hydrogens (primary N) is 1. The second kappa shape index (κ2) is 7.52. The van der Waals surface area contributed by atoms with Gasteiger partial charge >= 0.3 is 0 Å². The summed E-state index contributed by atoms with van der Waals surface area (Å²) < 4.78 is 5.15. The fraction of sp³-hybridized carbons (Fsp3) is 0.267. The van der Waals surface area contributed by atoms with Gasteiger partial charge in [0.2, 0.25) is 0 Å². The molecule has 1 aromatic rings. The molecular weight excluding hydrogens is 340 g/mol. The smallest absolute Gasteiger partial charge is 0.293 e. The summed E-state index contributed by atoms with van der Waals surface area (Å²) in [7, 11) is 0. The number of halogens is 1. The van der Waals surface area contributed by atoms with Crippen molar-refractivity contribution in [3.8, 4) is 5.75 Å². The SMILES string of the molecule is CCCN1C(=O)SC(=Cc2ccc(OCC(N)=O)c(Cl)c2)C1=O. The summed E-state index contributed by atoms with van der Waals surface area (Å²) in [6, 6.07) is 4.84. The molecule has 0 bridgehead atoms. The van der Waals surface area contributed by atoms with Gasteiger partial charge in [-0.3, -0.25) is 19.3 Å². The first-order valence-electron chi connectivity index (χ1n) is 6.88. The third-order valence-corrected chi connectivity index (χ3v) is 4.15. The number of imide groups is 1. The van der Waals surface area contributed by atoms with Gasteiger partial charge in [-0.05, 0) is 42.0 Å². The van der Waals surface area contributed by atoms with E-state index in [1.54, 1.807) is 24.3 Å². The molecule has 1 aliphatic rings. The van der Waals surface area contributed by atoms with Crippen LogP contribution in [0.4, 0.5) is 4.79 Å². The second-order valence-corrected chi connectivity index (χ2v) is 6.18. The number of ether oxygens (including phenoxy) is 1. The molecule has 0 saturated carbocycles. The molecule has 0 aromatic heterocycles. The number of carbonyl (C=O) groups excluding carboxylic acids is 3. The van der Waals surface area contributed by atoms with E-state index >= 15 is 0 Å². The number of amides is 3. The summed E-state index contributed by atoms with van der Waals surface area (Å²) >= 11 is 6.97. The van der Waals surface area contributed by atoms with Crippen molar-refractivity contribution in [3.05, 3.63) is 33.7 Å². The third-order valence-electron chi connectivity index (χ3n) is 2.94. The van der Waals surface area contributed by atoms with E-state index in [-0.39, 0.29) is 22.8 Å². The Balaban J connectivity index is 2.17. The Kier molecular flexibility index (Phi) is 5.68. The zero-order valence-electron chi connectivity index (χ0n) is 12.4. The predicted molar refractivity (Wildman–Crippen MR) is 89.1 cm³/mol. The molecule has 0 atom stereocenters. The summed E-state index contributed by atoms with van der Waals surface area (Å²) in [6.07, 6.45) is 2.31. The number of hydrogen-bond donors (Lipinski definition) is 1. The molecule has 122 valence electrons. The molecule has 1 aliphatic heterocycles. The molecule has 23 heavy (non-hydrogen) atoms. The average molecular weight is 355 g/mol. The highest BCUT2D eigenvalue weighted by molar-refractivity contribution is 8.18. The van der Waals surface area contributed by atoms with Crippen LogP contribution in [0.15, 0.2) is 23.1 Å². The molecule has 2 N–H and O–H groups in total. The molecule has 0 spiro atoms. The third kappa shape index (κ3) is 4.27. The number of hydrogen-bond acceptors (Lipinski definition) is 5. The van der Waals surface area contributed by atoms with E-state index < -0.39 is 5.91 Å². The molecule has 2 rings (SSSR count). The Bertz CT molecular complexity index is 690. The van der Waals surface area contributed by atoms with Crippen molar-refractivity contribution < 1.29 is 19.1 Å². The van der Waals surface area contributed by atoms with Crippen LogP contribution in [-0.2, 0) is 9.59 Å². The van der Waals surface area contributed by atoms with Crippen LogP contribution < -0.4 is 10.5 Å². The number of benzene rings is 1. The van der Waals surface area contributed by atoms with Crippen LogP contribution in [0.25, 0.3) is 6.08 Å². The largest absolute Gasteiger partial charge is 0.482 e. The van der Waals surface area contributed by atoms with Crippen LogP contribution in [0.5, 0.6) is 5.75 Å². The van der Waals surface area contributed by atoms with Gasteiger partial charge in [-0.1, -0.05) is 24.6 Å². The van der Waals surface area contributed by atoms with E-state index in [1.807, 2.05) is 6.92 Å². The second-order valence-electron chi connectivity index (χ2n) is 4.78. The Morgan fingerprint density at radius 3 is 2.78 bits per heavy atom. The monoisotopic (exact) mass is 354 g/mol. The maximum absolute atomic E-state index is 12.1. The maximum Gasteiger partial charge on any atom is 0.293 e. The molecule has 6 nitrogen and oxygen atoms in total. The standard InChI is InChI=1S/C15H15ClN2O4S/c1-2-5-18-14(20)12(23-15(18)21)7-9-3-4-11(10(16)6-9)22-8-13(17)19/h3-4,6-7H,2,5,8H2,1H3,(H2,17,19). The van der Waals surface area contributed by atoms with Gasteiger partial charge in [0.15, 0.2) is 6.61 Å². The lowest BCUT2D eigenvalue weighted by Crippen LogP contribution is -2.28. The van der Waals surface area contributed by atoms with Crippen LogP contribution in [0.3, 0.4) is 0 Å². The zero-order chi connectivity index (χ0) is 17.0. The molecule has 1 saturated heterocycles. The van der Waals surface area contributed by atoms with Gasteiger partial charge in [0.25, 0.3) is 17.1 Å². The van der Waals surface area contributed by atoms with E-state index in [0.29, 0.717) is 29.2 Å². The van der Waals surface area contributed by atoms with Crippen molar-refractivity contribution in [2.45, 2.75) is 13.3 Å². The lowest BCUT2D eigenvalue weighted by Gasteiger charge is -2.09. The summed E-state index contributed by atoms with van der Waals surface area (Å²) in [5.41, 5.74) is 5.66. The lowest BCUT2D eigenvalue weighted by molar-refractivity contribution is -0.122. The molecule has 0 radical (unpaired) electrons. The lowest BCUT2D eigenvalue weighted by atomic mass is 10.2. The number of rotatable bonds is 6. The number of primary amides is 1. The minimum Gasteiger partial charge on any atom is -0.482 e. The van der Waals surface area contributed by atoms with Crippen LogP contribution >= 0.6 is 23.4 Å². The van der Waals surface area contributed by atoms with Crippen molar-refractivity contribution in [3.63, 3.8) is 0 Å². The molecular formula is C15H15ClN2O4S. The highest BCUT2D eigenvalue weighted by atomic mass is 35.5. The molecule has 1 heterocycles. The van der Waals surface area contributed by atoms with Gasteiger partial charge in [0.1, 0.15) is 5.75 Å². The molecule has 1 fully saturated rings. The highest BCUT2D eigenvalue weighted by Gasteiger charge is 2.34. The van der Waals surface area contributed by atoms with Gasteiger partial charge in [0.05, 0.1) is 9.93 Å². The van der Waals surface area contributed by atoms with Crippen LogP contribution in [0.1, 0.15) is 18.9 Å². The van der Waals surface area contributed by atoms with Crippen molar-refractivity contribution in [1.82, 2.24) is 4.90 Å². The molecule has 0 unspecified atom stereocenters. The molecule has 8 heteroatoms. The minimum atomic E-state index is -0.602. The fourth-order valence-corrected chi connectivity index (χ4v) is 3.05. The van der Waals surface area contributed by atoms with Gasteiger partial charge in [0, 0.05) is 6.54 Å². The first kappa shape index (κ1) is 17.4. The van der Waals surface area contributed by atoms with Gasteiger partial charge < -0.3 is 10.5 Å². The van der Waals surface area contributed by atoms with Crippen LogP contribution in [-0.4, -0.2) is 35.1 Å². The minimum absolute atomic E-state index is 0.268. The van der Waals surface area contributed by atoms with E-state index in [1.165, 1.54) is 4.90 Å². The Hall–Kier alpha value is -1.99. The van der Waals surface area contributed by atoms with Gasteiger partial charge in [-0.2, -0.15) is 0 Å². The first-order chi connectivity index (χ1) is 10.9. The summed E-state index contributed by atoms with van der Waals surface area (Å²) in [4.78, 5) is 36.2. The molecule has 1 aromatic carbocycles. The van der Waals surface area contributed by atoms with E-state index in [9.17, 15) is 14.4 Å². The van der Waals surface area contributed by atoms with E-state index in [4.69, 9.17) is 22.1 Å². The Morgan fingerprint density at radius 1 is 1.43 bits per heavy atom. The highest BCUT2D eigenvalue weighted by Crippen LogP contribution is 2.33. The number of carbonyl (C=O) groups is 3. The van der Waals surface area contributed by atoms with Crippen molar-refractivity contribution in [2.75, 3.05) is 13.2 Å². The first-order valence-corrected chi connectivity index (χ1v) is 8.08. The summed E-state index contributed by atoms with van der Waals surface area (Å²) in [6.45, 7) is 2.04. The van der Waals surface area contributed by atoms with E-state index in [2.05, 4.69) is 0 Å². The average Bonchev–Trinajstić information content (AvgIpc) is 2.74. The summed E-state index contributed by atoms with van der Waals surface area (Å²) in [5, 5.41) is 0.0170. The van der Waals surface area contributed by atoms with Gasteiger partial charge in [-0.25, -0.2) is 0 Å². The quantitative estimate of drug-likeness (QED) is 0.793. The predicted octanol–water partition coefficient (Wildman–Crippen LogP) is 2.65. The van der Waals surface area contributed by atoms with Crippen LogP contribution in [0.2, 0.25) is 5.02 Å². The number of thioether (sulfide) groups is 1.